The average molecular weight is 583 g/mol. The summed E-state index contributed by atoms with van der Waals surface area (Å²) in [7, 11) is 0. The number of fused-ring (bicyclic) bond motifs is 9. The van der Waals surface area contributed by atoms with Crippen LogP contribution < -0.4 is 9.47 Å². The molecule has 3 heterocycles. The standard InChI is InChI=1S/C40H26N2O3/c1-40(2)44-37-17-13-25(26-12-15-30-29-8-4-6-10-36(29)43-39(30)21-26)20-32(37)33-22-27(14-18-38(33)45-40)42-34-9-5-3-7-28(34)31-19-24(23-41)11-16-35(31)42/h3-22H,1-2H3. The van der Waals surface area contributed by atoms with E-state index < -0.39 is 5.79 Å². The summed E-state index contributed by atoms with van der Waals surface area (Å²) in [6.45, 7) is 3.87. The van der Waals surface area contributed by atoms with Crippen molar-refractivity contribution in [1.29, 1.82) is 5.26 Å². The summed E-state index contributed by atoms with van der Waals surface area (Å²) in [6, 6.07) is 43.6. The maximum atomic E-state index is 9.59. The summed E-state index contributed by atoms with van der Waals surface area (Å²) in [5.74, 6) is 0.641. The van der Waals surface area contributed by atoms with Crippen molar-refractivity contribution < 1.29 is 13.9 Å². The van der Waals surface area contributed by atoms with Crippen molar-refractivity contribution in [3.63, 3.8) is 0 Å². The van der Waals surface area contributed by atoms with Crippen LogP contribution in [0.3, 0.4) is 0 Å². The van der Waals surface area contributed by atoms with Gasteiger partial charge in [0.1, 0.15) is 22.7 Å². The average Bonchev–Trinajstić information content (AvgIpc) is 3.56. The van der Waals surface area contributed by atoms with Gasteiger partial charge in [-0.15, -0.1) is 0 Å². The molecule has 0 saturated heterocycles. The van der Waals surface area contributed by atoms with E-state index in [-0.39, 0.29) is 0 Å². The molecule has 9 rings (SSSR count). The minimum absolute atomic E-state index is 0.641. The van der Waals surface area contributed by atoms with E-state index >= 15 is 0 Å². The lowest BCUT2D eigenvalue weighted by molar-refractivity contribution is -0.0778. The van der Waals surface area contributed by atoms with Crippen LogP contribution in [0, 0.1) is 11.3 Å². The lowest BCUT2D eigenvalue weighted by atomic mass is 9.96. The first-order chi connectivity index (χ1) is 22.0. The molecule has 0 saturated carbocycles. The topological polar surface area (TPSA) is 60.3 Å². The Morgan fingerprint density at radius 2 is 1.24 bits per heavy atom. The zero-order chi connectivity index (χ0) is 30.3. The Balaban J connectivity index is 1.25. The number of hydrogen-bond acceptors (Lipinski definition) is 4. The zero-order valence-corrected chi connectivity index (χ0v) is 24.7. The maximum Gasteiger partial charge on any atom is 0.245 e. The first-order valence-corrected chi connectivity index (χ1v) is 15.0. The summed E-state index contributed by atoms with van der Waals surface area (Å²) in [5, 5.41) is 14.0. The Morgan fingerprint density at radius 3 is 2.09 bits per heavy atom. The van der Waals surface area contributed by atoms with E-state index in [1.807, 2.05) is 74.5 Å². The quantitative estimate of drug-likeness (QED) is 0.203. The number of aromatic nitrogens is 1. The summed E-state index contributed by atoms with van der Waals surface area (Å²) in [5.41, 5.74) is 9.49. The molecule has 0 spiro atoms. The van der Waals surface area contributed by atoms with Crippen LogP contribution in [-0.2, 0) is 0 Å². The summed E-state index contributed by atoms with van der Waals surface area (Å²) in [6.07, 6.45) is 0. The van der Waals surface area contributed by atoms with Gasteiger partial charge in [-0.1, -0.05) is 48.5 Å². The fourth-order valence-corrected chi connectivity index (χ4v) is 6.74. The van der Waals surface area contributed by atoms with Crippen molar-refractivity contribution in [3.05, 3.63) is 127 Å². The Labute approximate surface area is 259 Å². The monoisotopic (exact) mass is 582 g/mol. The molecule has 214 valence electrons. The number of benzene rings is 6. The van der Waals surface area contributed by atoms with Gasteiger partial charge in [0.05, 0.1) is 22.7 Å². The lowest BCUT2D eigenvalue weighted by Crippen LogP contribution is -2.34. The minimum Gasteiger partial charge on any atom is -0.456 e. The van der Waals surface area contributed by atoms with Crippen LogP contribution in [-0.4, -0.2) is 10.4 Å². The van der Waals surface area contributed by atoms with Crippen molar-refractivity contribution in [1.82, 2.24) is 4.57 Å². The molecule has 8 aromatic rings. The second-order valence-corrected chi connectivity index (χ2v) is 12.0. The number of furan rings is 1. The van der Waals surface area contributed by atoms with Crippen molar-refractivity contribution >= 4 is 43.7 Å². The fourth-order valence-electron chi connectivity index (χ4n) is 6.74. The van der Waals surface area contributed by atoms with E-state index in [4.69, 9.17) is 13.9 Å². The molecule has 0 radical (unpaired) electrons. The van der Waals surface area contributed by atoms with E-state index in [0.717, 1.165) is 83.2 Å². The van der Waals surface area contributed by atoms with Crippen molar-refractivity contribution in [2.24, 2.45) is 0 Å². The van der Waals surface area contributed by atoms with Gasteiger partial charge in [0.25, 0.3) is 0 Å². The summed E-state index contributed by atoms with van der Waals surface area (Å²) in [4.78, 5) is 0. The van der Waals surface area contributed by atoms with Crippen LogP contribution in [0.4, 0.5) is 0 Å². The number of ether oxygens (including phenoxy) is 2. The van der Waals surface area contributed by atoms with Crippen LogP contribution in [0.25, 0.3) is 71.7 Å². The second-order valence-electron chi connectivity index (χ2n) is 12.0. The Hall–Kier alpha value is -5.99. The van der Waals surface area contributed by atoms with Gasteiger partial charge in [-0.05, 0) is 83.9 Å². The first kappa shape index (κ1) is 25.5. The molecule has 0 amide bonds. The summed E-state index contributed by atoms with van der Waals surface area (Å²) >= 11 is 0. The smallest absolute Gasteiger partial charge is 0.245 e. The predicted octanol–water partition coefficient (Wildman–Crippen LogP) is 10.4. The van der Waals surface area contributed by atoms with Crippen LogP contribution in [0.2, 0.25) is 0 Å². The Kier molecular flexibility index (Phi) is 5.24. The molecule has 0 unspecified atom stereocenters. The molecule has 0 fully saturated rings. The highest BCUT2D eigenvalue weighted by Crippen LogP contribution is 2.46. The second kappa shape index (κ2) is 9.25. The van der Waals surface area contributed by atoms with Gasteiger partial charge < -0.3 is 18.5 Å². The molecular weight excluding hydrogens is 556 g/mol. The van der Waals surface area contributed by atoms with Crippen LogP contribution in [0.5, 0.6) is 11.5 Å². The number of para-hydroxylation sites is 2. The molecule has 2 aromatic heterocycles. The van der Waals surface area contributed by atoms with Gasteiger partial charge in [-0.2, -0.15) is 5.26 Å². The van der Waals surface area contributed by atoms with Crippen molar-refractivity contribution in [2.75, 3.05) is 0 Å². The van der Waals surface area contributed by atoms with E-state index in [9.17, 15) is 5.26 Å². The predicted molar refractivity (Wildman–Crippen MR) is 179 cm³/mol. The number of nitriles is 1. The first-order valence-electron chi connectivity index (χ1n) is 15.0. The van der Waals surface area contributed by atoms with E-state index in [2.05, 4.69) is 71.3 Å². The van der Waals surface area contributed by atoms with Crippen LogP contribution >= 0.6 is 0 Å². The zero-order valence-electron chi connectivity index (χ0n) is 24.7. The molecule has 0 atom stereocenters. The number of hydrogen-bond donors (Lipinski definition) is 0. The van der Waals surface area contributed by atoms with Crippen molar-refractivity contribution in [3.8, 4) is 45.5 Å². The maximum absolute atomic E-state index is 9.59. The molecule has 1 aliphatic rings. The van der Waals surface area contributed by atoms with Gasteiger partial charge in [-0.3, -0.25) is 0 Å². The third-order valence-electron chi connectivity index (χ3n) is 8.72. The van der Waals surface area contributed by atoms with Gasteiger partial charge in [0.2, 0.25) is 5.79 Å². The lowest BCUT2D eigenvalue weighted by Gasteiger charge is -2.25. The van der Waals surface area contributed by atoms with Gasteiger partial charge in [0.15, 0.2) is 0 Å². The molecule has 1 aliphatic heterocycles. The van der Waals surface area contributed by atoms with Crippen LogP contribution in [0.1, 0.15) is 19.4 Å². The van der Waals surface area contributed by atoms with Gasteiger partial charge in [0, 0.05) is 52.2 Å². The molecule has 5 nitrogen and oxygen atoms in total. The van der Waals surface area contributed by atoms with Gasteiger partial charge >= 0.3 is 0 Å². The summed E-state index contributed by atoms with van der Waals surface area (Å²) < 4.78 is 21.4. The van der Waals surface area contributed by atoms with E-state index in [1.165, 1.54) is 0 Å². The minimum atomic E-state index is -0.864. The molecule has 0 N–H and O–H groups in total. The normalized spacial score (nSPS) is 13.6. The molecule has 5 heteroatoms. The molecule has 0 bridgehead atoms. The largest absolute Gasteiger partial charge is 0.456 e. The number of nitrogens with zero attached hydrogens (tertiary/aromatic N) is 2. The highest BCUT2D eigenvalue weighted by Gasteiger charge is 2.30. The van der Waals surface area contributed by atoms with Gasteiger partial charge in [-0.25, -0.2) is 0 Å². The SMILES string of the molecule is CC1(C)Oc2ccc(-c3ccc4c(c3)oc3ccccc34)cc2-c2cc(-n3c4ccccc4c4cc(C#N)ccc43)ccc2O1. The number of rotatable bonds is 2. The Morgan fingerprint density at radius 1 is 0.578 bits per heavy atom. The third-order valence-corrected chi connectivity index (χ3v) is 8.72. The molecule has 45 heavy (non-hydrogen) atoms. The Bertz CT molecular complexity index is 2540. The van der Waals surface area contributed by atoms with E-state index in [0.29, 0.717) is 5.56 Å². The van der Waals surface area contributed by atoms with Crippen molar-refractivity contribution in [2.45, 2.75) is 19.6 Å². The fraction of sp³-hybridized carbons (Fsp3) is 0.0750. The highest BCUT2D eigenvalue weighted by molar-refractivity contribution is 6.10. The molecule has 0 aliphatic carbocycles. The highest BCUT2D eigenvalue weighted by atomic mass is 16.7. The third kappa shape index (κ3) is 3.93. The van der Waals surface area contributed by atoms with Crippen LogP contribution in [0.15, 0.2) is 126 Å². The molecular formula is C40H26N2O3. The molecule has 6 aromatic carbocycles. The van der Waals surface area contributed by atoms with E-state index in [1.54, 1.807) is 0 Å².